The Balaban J connectivity index is 2.14. The molecule has 0 bridgehead atoms. The van der Waals surface area contributed by atoms with Crippen LogP contribution in [-0.4, -0.2) is 19.1 Å². The van der Waals surface area contributed by atoms with Crippen LogP contribution in [0.1, 0.15) is 44.6 Å². The van der Waals surface area contributed by atoms with E-state index >= 15 is 0 Å². The summed E-state index contributed by atoms with van der Waals surface area (Å²) in [5.74, 6) is 0.865. The molecule has 2 heteroatoms. The van der Waals surface area contributed by atoms with Crippen molar-refractivity contribution < 1.29 is 0 Å². The molecule has 0 aliphatic heterocycles. The second kappa shape index (κ2) is 6.95. The molecule has 1 fully saturated rings. The van der Waals surface area contributed by atoms with Gasteiger partial charge in [-0.3, -0.25) is 0 Å². The van der Waals surface area contributed by atoms with Gasteiger partial charge in [-0.25, -0.2) is 0 Å². The Kier molecular flexibility index (Phi) is 5.26. The lowest BCUT2D eigenvalue weighted by Gasteiger charge is -2.38. The molecule has 0 heterocycles. The number of nitrogens with zero attached hydrogens (tertiary/aromatic N) is 1. The van der Waals surface area contributed by atoms with Crippen LogP contribution in [0.15, 0.2) is 24.3 Å². The average Bonchev–Trinajstić information content (AvgIpc) is 2.39. The summed E-state index contributed by atoms with van der Waals surface area (Å²) < 4.78 is 0. The summed E-state index contributed by atoms with van der Waals surface area (Å²) in [6.45, 7) is 6.44. The number of anilines is 1. The molecule has 2 rings (SSSR count). The number of benzene rings is 1. The van der Waals surface area contributed by atoms with Crippen molar-refractivity contribution in [2.24, 2.45) is 11.7 Å². The first-order chi connectivity index (χ1) is 9.20. The zero-order valence-electron chi connectivity index (χ0n) is 12.4. The van der Waals surface area contributed by atoms with Gasteiger partial charge in [0.05, 0.1) is 0 Å². The molecule has 19 heavy (non-hydrogen) atoms. The molecule has 0 radical (unpaired) electrons. The molecule has 2 atom stereocenters. The van der Waals surface area contributed by atoms with Crippen molar-refractivity contribution in [2.45, 2.75) is 52.0 Å². The molecule has 2 unspecified atom stereocenters. The van der Waals surface area contributed by atoms with E-state index in [-0.39, 0.29) is 0 Å². The molecule has 0 aromatic heterocycles. The summed E-state index contributed by atoms with van der Waals surface area (Å²) in [7, 11) is 0. The Morgan fingerprint density at radius 2 is 2.16 bits per heavy atom. The van der Waals surface area contributed by atoms with Gasteiger partial charge in [0.1, 0.15) is 0 Å². The quantitative estimate of drug-likeness (QED) is 0.874. The third-order valence-electron chi connectivity index (χ3n) is 4.29. The summed E-state index contributed by atoms with van der Waals surface area (Å²) in [5, 5.41) is 0. The van der Waals surface area contributed by atoms with Gasteiger partial charge in [0.25, 0.3) is 0 Å². The van der Waals surface area contributed by atoms with Crippen LogP contribution < -0.4 is 10.6 Å². The summed E-state index contributed by atoms with van der Waals surface area (Å²) in [4.78, 5) is 2.61. The number of hydrogen-bond donors (Lipinski definition) is 1. The van der Waals surface area contributed by atoms with E-state index in [0.717, 1.165) is 25.4 Å². The van der Waals surface area contributed by atoms with Crippen molar-refractivity contribution in [3.05, 3.63) is 29.8 Å². The van der Waals surface area contributed by atoms with Crippen molar-refractivity contribution in [3.63, 3.8) is 0 Å². The first-order valence-corrected chi connectivity index (χ1v) is 7.74. The highest BCUT2D eigenvalue weighted by Gasteiger charge is 2.24. The van der Waals surface area contributed by atoms with Crippen molar-refractivity contribution in [3.8, 4) is 0 Å². The Hall–Kier alpha value is -1.02. The smallest absolute Gasteiger partial charge is 0.0371 e. The Bertz CT molecular complexity index is 389. The molecule has 0 saturated heterocycles. The van der Waals surface area contributed by atoms with Crippen LogP contribution in [0.3, 0.4) is 0 Å². The van der Waals surface area contributed by atoms with E-state index in [1.54, 1.807) is 0 Å². The van der Waals surface area contributed by atoms with Gasteiger partial charge in [-0.1, -0.05) is 31.9 Å². The molecule has 1 aromatic carbocycles. The first kappa shape index (κ1) is 14.4. The van der Waals surface area contributed by atoms with Crippen molar-refractivity contribution in [2.75, 3.05) is 18.0 Å². The van der Waals surface area contributed by atoms with Gasteiger partial charge in [-0.2, -0.15) is 0 Å². The maximum absolute atomic E-state index is 5.71. The van der Waals surface area contributed by atoms with E-state index in [1.807, 2.05) is 0 Å². The fourth-order valence-corrected chi connectivity index (χ4v) is 3.28. The molecule has 1 saturated carbocycles. The SMILES string of the molecule is Cc1cccc(N(CCCN)C2CCCC(C)C2)c1. The Morgan fingerprint density at radius 1 is 1.32 bits per heavy atom. The summed E-state index contributed by atoms with van der Waals surface area (Å²) >= 11 is 0. The molecule has 1 aliphatic carbocycles. The van der Waals surface area contributed by atoms with Crippen LogP contribution in [0.2, 0.25) is 0 Å². The first-order valence-electron chi connectivity index (χ1n) is 7.74. The zero-order valence-corrected chi connectivity index (χ0v) is 12.4. The van der Waals surface area contributed by atoms with E-state index in [1.165, 1.54) is 36.9 Å². The van der Waals surface area contributed by atoms with Crippen LogP contribution in [0.5, 0.6) is 0 Å². The van der Waals surface area contributed by atoms with Crippen LogP contribution in [0.25, 0.3) is 0 Å². The van der Waals surface area contributed by atoms with E-state index in [9.17, 15) is 0 Å². The number of rotatable bonds is 5. The van der Waals surface area contributed by atoms with E-state index in [4.69, 9.17) is 5.73 Å². The lowest BCUT2D eigenvalue weighted by atomic mass is 9.86. The third kappa shape index (κ3) is 3.97. The normalized spacial score (nSPS) is 23.3. The van der Waals surface area contributed by atoms with Crippen LogP contribution >= 0.6 is 0 Å². The molecule has 2 N–H and O–H groups in total. The number of hydrogen-bond acceptors (Lipinski definition) is 2. The fourth-order valence-electron chi connectivity index (χ4n) is 3.28. The van der Waals surface area contributed by atoms with Gasteiger partial charge >= 0.3 is 0 Å². The highest BCUT2D eigenvalue weighted by molar-refractivity contribution is 5.49. The maximum Gasteiger partial charge on any atom is 0.0371 e. The zero-order chi connectivity index (χ0) is 13.7. The van der Waals surface area contributed by atoms with E-state index in [0.29, 0.717) is 6.04 Å². The second-order valence-corrected chi connectivity index (χ2v) is 6.10. The summed E-state index contributed by atoms with van der Waals surface area (Å²) in [6, 6.07) is 9.62. The lowest BCUT2D eigenvalue weighted by Crippen LogP contribution is -2.40. The highest BCUT2D eigenvalue weighted by atomic mass is 15.2. The maximum atomic E-state index is 5.71. The highest BCUT2D eigenvalue weighted by Crippen LogP contribution is 2.30. The molecule has 2 nitrogen and oxygen atoms in total. The number of nitrogens with two attached hydrogens (primary N) is 1. The van der Waals surface area contributed by atoms with Crippen molar-refractivity contribution in [1.82, 2.24) is 0 Å². The van der Waals surface area contributed by atoms with Gasteiger partial charge in [-0.05, 0) is 56.3 Å². The predicted octanol–water partition coefficient (Wildman–Crippen LogP) is 3.73. The van der Waals surface area contributed by atoms with Gasteiger partial charge in [0.15, 0.2) is 0 Å². The molecular formula is C17H28N2. The molecule has 0 amide bonds. The second-order valence-electron chi connectivity index (χ2n) is 6.10. The largest absolute Gasteiger partial charge is 0.368 e. The van der Waals surface area contributed by atoms with Crippen LogP contribution in [0, 0.1) is 12.8 Å². The van der Waals surface area contributed by atoms with Crippen LogP contribution in [-0.2, 0) is 0 Å². The third-order valence-corrected chi connectivity index (χ3v) is 4.29. The molecular weight excluding hydrogens is 232 g/mol. The van der Waals surface area contributed by atoms with Crippen LogP contribution in [0.4, 0.5) is 5.69 Å². The summed E-state index contributed by atoms with van der Waals surface area (Å²) in [6.07, 6.45) is 6.52. The standard InChI is InChI=1S/C17H28N2/c1-14-6-3-8-16(12-14)19(11-5-10-18)17-9-4-7-15(2)13-17/h3,6,8,12,15,17H,4-5,7,9-11,13,18H2,1-2H3. The van der Waals surface area contributed by atoms with E-state index in [2.05, 4.69) is 43.0 Å². The van der Waals surface area contributed by atoms with Gasteiger partial charge in [0.2, 0.25) is 0 Å². The average molecular weight is 260 g/mol. The van der Waals surface area contributed by atoms with Crippen molar-refractivity contribution >= 4 is 5.69 Å². The summed E-state index contributed by atoms with van der Waals surface area (Å²) in [5.41, 5.74) is 8.44. The minimum atomic E-state index is 0.706. The number of aryl methyl sites for hydroxylation is 1. The van der Waals surface area contributed by atoms with Gasteiger partial charge in [-0.15, -0.1) is 0 Å². The Morgan fingerprint density at radius 3 is 2.84 bits per heavy atom. The minimum Gasteiger partial charge on any atom is -0.368 e. The topological polar surface area (TPSA) is 29.3 Å². The van der Waals surface area contributed by atoms with Gasteiger partial charge in [0, 0.05) is 18.3 Å². The molecule has 106 valence electrons. The fraction of sp³-hybridized carbons (Fsp3) is 0.647. The minimum absolute atomic E-state index is 0.706. The lowest BCUT2D eigenvalue weighted by molar-refractivity contribution is 0.328. The van der Waals surface area contributed by atoms with Gasteiger partial charge < -0.3 is 10.6 Å². The molecule has 0 spiro atoms. The Labute approximate surface area is 118 Å². The van der Waals surface area contributed by atoms with E-state index < -0.39 is 0 Å². The monoisotopic (exact) mass is 260 g/mol. The predicted molar refractivity (Wildman–Crippen MR) is 83.6 cm³/mol. The molecule has 1 aromatic rings. The molecule has 1 aliphatic rings. The van der Waals surface area contributed by atoms with Crippen molar-refractivity contribution in [1.29, 1.82) is 0 Å².